The van der Waals surface area contributed by atoms with Crippen LogP contribution in [0.25, 0.3) is 22.4 Å². The number of halogens is 1. The molecule has 1 amide bonds. The van der Waals surface area contributed by atoms with Crippen LogP contribution >= 0.6 is 0 Å². The lowest BCUT2D eigenvalue weighted by Crippen LogP contribution is -2.50. The molecule has 0 bridgehead atoms. The molecule has 3 heterocycles. The first kappa shape index (κ1) is 17.6. The van der Waals surface area contributed by atoms with Crippen molar-refractivity contribution in [1.29, 1.82) is 0 Å². The number of aromatic nitrogens is 2. The van der Waals surface area contributed by atoms with Gasteiger partial charge in [0.15, 0.2) is 0 Å². The fourth-order valence-electron chi connectivity index (χ4n) is 3.39. The maximum absolute atomic E-state index is 13.3. The number of morpholine rings is 1. The van der Waals surface area contributed by atoms with Gasteiger partial charge in [0.1, 0.15) is 5.82 Å². The van der Waals surface area contributed by atoms with Crippen LogP contribution < -0.4 is 0 Å². The molecule has 0 aliphatic carbocycles. The minimum absolute atomic E-state index is 0.117. The fraction of sp³-hybridized carbons (Fsp3) is 0.350. The zero-order valence-corrected chi connectivity index (χ0v) is 15.5. The molecule has 0 spiro atoms. The highest BCUT2D eigenvalue weighted by molar-refractivity contribution is 6.07. The minimum atomic E-state index is -0.399. The van der Waals surface area contributed by atoms with Gasteiger partial charge in [-0.3, -0.25) is 4.79 Å². The summed E-state index contributed by atoms with van der Waals surface area (Å²) in [6.45, 7) is 7.20. The van der Waals surface area contributed by atoms with E-state index in [0.717, 1.165) is 0 Å². The number of nitrogens with zero attached hydrogens (tertiary/aromatic N) is 3. The third-order valence-electron chi connectivity index (χ3n) is 4.70. The molecule has 2 aromatic heterocycles. The van der Waals surface area contributed by atoms with Crippen LogP contribution in [0.15, 0.2) is 34.9 Å². The van der Waals surface area contributed by atoms with Crippen molar-refractivity contribution in [2.45, 2.75) is 26.4 Å². The van der Waals surface area contributed by atoms with Crippen LogP contribution in [-0.4, -0.2) is 46.2 Å². The Morgan fingerprint density at radius 1 is 1.26 bits per heavy atom. The number of aryl methyl sites for hydroxylation is 1. The number of carbonyl (C=O) groups is 1. The maximum Gasteiger partial charge on any atom is 0.259 e. The second kappa shape index (κ2) is 6.42. The second-order valence-electron chi connectivity index (χ2n) is 7.34. The Labute approximate surface area is 155 Å². The summed E-state index contributed by atoms with van der Waals surface area (Å²) in [6, 6.07) is 7.69. The number of rotatable bonds is 2. The van der Waals surface area contributed by atoms with Gasteiger partial charge in [0.25, 0.3) is 11.6 Å². The highest BCUT2D eigenvalue weighted by Crippen LogP contribution is 2.29. The topological polar surface area (TPSA) is 68.5 Å². The molecule has 6 nitrogen and oxygen atoms in total. The van der Waals surface area contributed by atoms with E-state index in [0.29, 0.717) is 53.3 Å². The van der Waals surface area contributed by atoms with E-state index in [-0.39, 0.29) is 11.7 Å². The Balaban J connectivity index is 1.82. The zero-order chi connectivity index (χ0) is 19.2. The van der Waals surface area contributed by atoms with Gasteiger partial charge in [-0.05, 0) is 51.1 Å². The smallest absolute Gasteiger partial charge is 0.259 e. The monoisotopic (exact) mass is 369 g/mol. The molecule has 0 N–H and O–H groups in total. The lowest BCUT2D eigenvalue weighted by molar-refractivity contribution is -0.0763. The summed E-state index contributed by atoms with van der Waals surface area (Å²) in [5.74, 6) is -0.448. The van der Waals surface area contributed by atoms with E-state index in [1.54, 1.807) is 30.0 Å². The minimum Gasteiger partial charge on any atom is -0.372 e. The summed E-state index contributed by atoms with van der Waals surface area (Å²) >= 11 is 0. The van der Waals surface area contributed by atoms with Gasteiger partial charge in [0.2, 0.25) is 0 Å². The molecular formula is C20H20FN3O3. The highest BCUT2D eigenvalue weighted by Gasteiger charge is 2.32. The van der Waals surface area contributed by atoms with Crippen molar-refractivity contribution in [2.75, 3.05) is 19.7 Å². The van der Waals surface area contributed by atoms with E-state index in [4.69, 9.17) is 9.26 Å². The van der Waals surface area contributed by atoms with Gasteiger partial charge in [0.05, 0.1) is 34.5 Å². The lowest BCUT2D eigenvalue weighted by Gasteiger charge is -2.38. The number of hydrogen-bond acceptors (Lipinski definition) is 5. The van der Waals surface area contributed by atoms with Crippen LogP contribution in [0.4, 0.5) is 4.39 Å². The normalized spacial score (nSPS) is 16.7. The molecule has 1 fully saturated rings. The Bertz CT molecular complexity index is 1010. The van der Waals surface area contributed by atoms with E-state index in [2.05, 4.69) is 10.1 Å². The Morgan fingerprint density at radius 3 is 2.70 bits per heavy atom. The van der Waals surface area contributed by atoms with Crippen LogP contribution in [0.2, 0.25) is 0 Å². The average Bonchev–Trinajstić information content (AvgIpc) is 3.01. The first-order valence-corrected chi connectivity index (χ1v) is 8.80. The van der Waals surface area contributed by atoms with Crippen LogP contribution in [0, 0.1) is 12.7 Å². The standard InChI is InChI=1S/C20H20FN3O3/c1-12-17-15(19(25)24-8-9-26-20(2,3)11-24)10-16(22-18(17)27-23-12)13-4-6-14(21)7-5-13/h4-7,10H,8-9,11H2,1-3H3. The van der Waals surface area contributed by atoms with E-state index >= 15 is 0 Å². The van der Waals surface area contributed by atoms with E-state index in [1.165, 1.54) is 12.1 Å². The zero-order valence-electron chi connectivity index (χ0n) is 15.5. The molecule has 0 atom stereocenters. The van der Waals surface area contributed by atoms with Crippen molar-refractivity contribution in [3.05, 3.63) is 47.4 Å². The van der Waals surface area contributed by atoms with Crippen LogP contribution in [-0.2, 0) is 4.74 Å². The number of benzene rings is 1. The number of pyridine rings is 1. The molecule has 140 valence electrons. The Hall–Kier alpha value is -2.80. The summed E-state index contributed by atoms with van der Waals surface area (Å²) in [7, 11) is 0. The lowest BCUT2D eigenvalue weighted by atomic mass is 10.0. The number of hydrogen-bond donors (Lipinski definition) is 0. The number of amides is 1. The van der Waals surface area contributed by atoms with Crippen molar-refractivity contribution < 1.29 is 18.4 Å². The van der Waals surface area contributed by atoms with E-state index in [9.17, 15) is 9.18 Å². The number of fused-ring (bicyclic) bond motifs is 1. The van der Waals surface area contributed by atoms with Crippen LogP contribution in [0.3, 0.4) is 0 Å². The van der Waals surface area contributed by atoms with E-state index in [1.807, 2.05) is 13.8 Å². The molecule has 27 heavy (non-hydrogen) atoms. The van der Waals surface area contributed by atoms with Crippen molar-refractivity contribution in [3.8, 4) is 11.3 Å². The van der Waals surface area contributed by atoms with Gasteiger partial charge >= 0.3 is 0 Å². The maximum atomic E-state index is 13.3. The van der Waals surface area contributed by atoms with Crippen molar-refractivity contribution in [2.24, 2.45) is 0 Å². The summed E-state index contributed by atoms with van der Waals surface area (Å²) in [5.41, 5.74) is 2.22. The van der Waals surface area contributed by atoms with Gasteiger partial charge < -0.3 is 14.2 Å². The summed E-state index contributed by atoms with van der Waals surface area (Å²) < 4.78 is 24.3. The molecule has 0 saturated carbocycles. The fourth-order valence-corrected chi connectivity index (χ4v) is 3.39. The molecule has 0 radical (unpaired) electrons. The molecule has 1 aliphatic heterocycles. The third kappa shape index (κ3) is 3.30. The van der Waals surface area contributed by atoms with Gasteiger partial charge in [-0.25, -0.2) is 9.37 Å². The molecule has 0 unspecified atom stereocenters. The van der Waals surface area contributed by atoms with Crippen molar-refractivity contribution in [3.63, 3.8) is 0 Å². The molecule has 3 aromatic rings. The SMILES string of the molecule is Cc1noc2nc(-c3ccc(F)cc3)cc(C(=O)N3CCOC(C)(C)C3)c12. The van der Waals surface area contributed by atoms with Gasteiger partial charge in [-0.1, -0.05) is 5.16 Å². The molecular weight excluding hydrogens is 349 g/mol. The molecule has 7 heteroatoms. The molecule has 1 aromatic carbocycles. The predicted octanol–water partition coefficient (Wildman–Crippen LogP) is 3.59. The second-order valence-corrected chi connectivity index (χ2v) is 7.34. The van der Waals surface area contributed by atoms with Gasteiger partial charge in [-0.2, -0.15) is 0 Å². The molecule has 4 rings (SSSR count). The quantitative estimate of drug-likeness (QED) is 0.691. The number of ether oxygens (including phenoxy) is 1. The third-order valence-corrected chi connectivity index (χ3v) is 4.70. The van der Waals surface area contributed by atoms with Gasteiger partial charge in [0, 0.05) is 18.7 Å². The number of carbonyl (C=O) groups excluding carboxylic acids is 1. The first-order valence-electron chi connectivity index (χ1n) is 8.80. The largest absolute Gasteiger partial charge is 0.372 e. The average molecular weight is 369 g/mol. The van der Waals surface area contributed by atoms with Gasteiger partial charge in [-0.15, -0.1) is 0 Å². The molecule has 1 saturated heterocycles. The van der Waals surface area contributed by atoms with Crippen LogP contribution in [0.1, 0.15) is 29.9 Å². The summed E-state index contributed by atoms with van der Waals surface area (Å²) in [5, 5.41) is 4.58. The summed E-state index contributed by atoms with van der Waals surface area (Å²) in [6.07, 6.45) is 0. The Kier molecular flexibility index (Phi) is 4.19. The van der Waals surface area contributed by atoms with Crippen LogP contribution in [0.5, 0.6) is 0 Å². The van der Waals surface area contributed by atoms with Crippen molar-refractivity contribution >= 4 is 17.0 Å². The molecule has 1 aliphatic rings. The van der Waals surface area contributed by atoms with Crippen molar-refractivity contribution in [1.82, 2.24) is 15.0 Å². The first-order chi connectivity index (χ1) is 12.8. The predicted molar refractivity (Wildman–Crippen MR) is 97.9 cm³/mol. The Morgan fingerprint density at radius 2 is 2.00 bits per heavy atom. The highest BCUT2D eigenvalue weighted by atomic mass is 19.1. The summed E-state index contributed by atoms with van der Waals surface area (Å²) in [4.78, 5) is 19.5. The van der Waals surface area contributed by atoms with E-state index < -0.39 is 5.60 Å².